The van der Waals surface area contributed by atoms with Gasteiger partial charge in [-0.15, -0.1) is 0 Å². The zero-order chi connectivity index (χ0) is 38.9. The topological polar surface area (TPSA) is 77.4 Å². The van der Waals surface area contributed by atoms with Crippen molar-refractivity contribution in [2.45, 2.75) is 48.5 Å². The van der Waals surface area contributed by atoms with Gasteiger partial charge in [0.2, 0.25) is 0 Å². The van der Waals surface area contributed by atoms with Crippen LogP contribution in [0.5, 0.6) is 0 Å². The third-order valence-electron chi connectivity index (χ3n) is 10.8. The number of hydrogen-bond donors (Lipinski definition) is 2. The van der Waals surface area contributed by atoms with Gasteiger partial charge in [-0.3, -0.25) is 0 Å². The fourth-order valence-corrected chi connectivity index (χ4v) is 7.97. The summed E-state index contributed by atoms with van der Waals surface area (Å²) in [6.07, 6.45) is -6.05. The fraction of sp³-hybridized carbons (Fsp3) is 0.176. The third-order valence-corrected chi connectivity index (χ3v) is 10.8. The van der Waals surface area contributed by atoms with E-state index in [1.807, 2.05) is 212 Å². The standard InChI is InChI=1S/C51H46O6/c52-46-45(37-55-50(39-24-10-2-11-25-39,40-26-12-3-13-27-40)41-28-14-4-15-29-41)56-49(47(53)48(46)54-36-38-22-8-1-9-23-38)57-51(42-30-16-5-17-31-42,43-32-18-6-19-33-43)44-34-20-7-21-35-44/h1-35,45-49,52-53H,36-37H2/t45-,46+,47-,48+,49+/m1/s1. The summed E-state index contributed by atoms with van der Waals surface area (Å²) in [7, 11) is 0. The quantitative estimate of drug-likeness (QED) is 0.108. The maximum Gasteiger partial charge on any atom is 0.188 e. The Labute approximate surface area is 334 Å². The second-order valence-electron chi connectivity index (χ2n) is 14.3. The zero-order valence-corrected chi connectivity index (χ0v) is 31.5. The van der Waals surface area contributed by atoms with Crippen molar-refractivity contribution in [1.82, 2.24) is 0 Å². The number of aliphatic hydroxyl groups is 2. The van der Waals surface area contributed by atoms with Crippen molar-refractivity contribution in [3.63, 3.8) is 0 Å². The van der Waals surface area contributed by atoms with E-state index >= 15 is 0 Å². The smallest absolute Gasteiger partial charge is 0.188 e. The van der Waals surface area contributed by atoms with E-state index < -0.39 is 41.9 Å². The molecule has 1 aliphatic rings. The molecule has 1 heterocycles. The van der Waals surface area contributed by atoms with Gasteiger partial charge in [-0.2, -0.15) is 0 Å². The number of benzene rings is 7. The van der Waals surface area contributed by atoms with E-state index in [2.05, 4.69) is 0 Å². The molecule has 0 unspecified atom stereocenters. The van der Waals surface area contributed by atoms with Crippen molar-refractivity contribution in [1.29, 1.82) is 0 Å². The predicted octanol–water partition coefficient (Wildman–Crippen LogP) is 9.04. The summed E-state index contributed by atoms with van der Waals surface area (Å²) < 4.78 is 27.7. The molecule has 7 aromatic rings. The maximum absolute atomic E-state index is 12.3. The molecule has 2 N–H and O–H groups in total. The Morgan fingerprint density at radius 1 is 0.421 bits per heavy atom. The lowest BCUT2D eigenvalue weighted by Crippen LogP contribution is -2.62. The van der Waals surface area contributed by atoms with Crippen molar-refractivity contribution in [2.75, 3.05) is 6.61 Å². The highest BCUT2D eigenvalue weighted by Gasteiger charge is 2.51. The molecule has 7 aromatic carbocycles. The van der Waals surface area contributed by atoms with Crippen LogP contribution in [0.3, 0.4) is 0 Å². The Kier molecular flexibility index (Phi) is 11.8. The molecule has 0 aromatic heterocycles. The Bertz CT molecular complexity index is 2050. The molecule has 57 heavy (non-hydrogen) atoms. The molecule has 0 spiro atoms. The van der Waals surface area contributed by atoms with Gasteiger partial charge in [0.1, 0.15) is 35.6 Å². The fourth-order valence-electron chi connectivity index (χ4n) is 7.97. The van der Waals surface area contributed by atoms with E-state index in [9.17, 15) is 10.2 Å². The minimum absolute atomic E-state index is 0.0767. The van der Waals surface area contributed by atoms with Crippen LogP contribution in [0.4, 0.5) is 0 Å². The van der Waals surface area contributed by atoms with Gasteiger partial charge in [0.25, 0.3) is 0 Å². The van der Waals surface area contributed by atoms with Crippen molar-refractivity contribution < 1.29 is 29.2 Å². The molecule has 0 bridgehead atoms. The van der Waals surface area contributed by atoms with Crippen LogP contribution >= 0.6 is 0 Å². The Balaban J connectivity index is 1.22. The Morgan fingerprint density at radius 3 is 1.12 bits per heavy atom. The second kappa shape index (κ2) is 17.6. The predicted molar refractivity (Wildman–Crippen MR) is 221 cm³/mol. The van der Waals surface area contributed by atoms with Crippen LogP contribution in [-0.2, 0) is 36.8 Å². The monoisotopic (exact) mass is 754 g/mol. The normalized spacial score (nSPS) is 19.9. The highest BCUT2D eigenvalue weighted by molar-refractivity contribution is 5.49. The third kappa shape index (κ3) is 7.85. The molecular formula is C51H46O6. The molecule has 6 nitrogen and oxygen atoms in total. The lowest BCUT2D eigenvalue weighted by molar-refractivity contribution is -0.329. The van der Waals surface area contributed by atoms with Crippen LogP contribution in [-0.4, -0.2) is 47.5 Å². The molecule has 0 amide bonds. The molecule has 0 aliphatic carbocycles. The van der Waals surface area contributed by atoms with Crippen LogP contribution < -0.4 is 0 Å². The first-order valence-corrected chi connectivity index (χ1v) is 19.4. The molecule has 1 fully saturated rings. The largest absolute Gasteiger partial charge is 0.387 e. The lowest BCUT2D eigenvalue weighted by Gasteiger charge is -2.47. The maximum atomic E-state index is 12.3. The van der Waals surface area contributed by atoms with Gasteiger partial charge in [0.15, 0.2) is 6.29 Å². The average molecular weight is 755 g/mol. The molecule has 6 heteroatoms. The molecule has 1 aliphatic heterocycles. The molecule has 286 valence electrons. The number of rotatable bonds is 14. The first-order chi connectivity index (χ1) is 28.1. The minimum Gasteiger partial charge on any atom is -0.387 e. The van der Waals surface area contributed by atoms with E-state index in [1.54, 1.807) is 0 Å². The summed E-state index contributed by atoms with van der Waals surface area (Å²) in [6, 6.07) is 69.7. The summed E-state index contributed by atoms with van der Waals surface area (Å²) in [5.41, 5.74) is 3.85. The molecule has 1 saturated heterocycles. The lowest BCUT2D eigenvalue weighted by atomic mass is 9.79. The van der Waals surface area contributed by atoms with Gasteiger partial charge in [-0.25, -0.2) is 0 Å². The molecular weight excluding hydrogens is 709 g/mol. The zero-order valence-electron chi connectivity index (χ0n) is 31.5. The van der Waals surface area contributed by atoms with E-state index in [0.717, 1.165) is 38.9 Å². The van der Waals surface area contributed by atoms with Crippen molar-refractivity contribution in [3.05, 3.63) is 251 Å². The van der Waals surface area contributed by atoms with E-state index in [1.165, 1.54) is 0 Å². The molecule has 8 rings (SSSR count). The highest BCUT2D eigenvalue weighted by atomic mass is 16.7. The Morgan fingerprint density at radius 2 is 0.754 bits per heavy atom. The number of aliphatic hydroxyl groups excluding tert-OH is 2. The van der Waals surface area contributed by atoms with E-state index in [-0.39, 0.29) is 13.2 Å². The van der Waals surface area contributed by atoms with Gasteiger partial charge in [-0.1, -0.05) is 212 Å². The van der Waals surface area contributed by atoms with Crippen molar-refractivity contribution >= 4 is 0 Å². The van der Waals surface area contributed by atoms with Gasteiger partial charge in [0, 0.05) is 0 Å². The molecule has 0 saturated carbocycles. The van der Waals surface area contributed by atoms with Gasteiger partial charge in [-0.05, 0) is 38.9 Å². The number of ether oxygens (including phenoxy) is 4. The van der Waals surface area contributed by atoms with Crippen LogP contribution in [0.1, 0.15) is 38.9 Å². The summed E-state index contributed by atoms with van der Waals surface area (Å²) >= 11 is 0. The van der Waals surface area contributed by atoms with Crippen LogP contribution in [0.25, 0.3) is 0 Å². The second-order valence-corrected chi connectivity index (χ2v) is 14.3. The minimum atomic E-state index is -1.39. The average Bonchev–Trinajstić information content (AvgIpc) is 3.29. The summed E-state index contributed by atoms with van der Waals surface area (Å²) in [5, 5.41) is 24.5. The summed E-state index contributed by atoms with van der Waals surface area (Å²) in [6.45, 7) is 0.0791. The first-order valence-electron chi connectivity index (χ1n) is 19.4. The van der Waals surface area contributed by atoms with Gasteiger partial charge in [0.05, 0.1) is 13.2 Å². The van der Waals surface area contributed by atoms with Crippen LogP contribution in [0.2, 0.25) is 0 Å². The molecule has 0 radical (unpaired) electrons. The highest BCUT2D eigenvalue weighted by Crippen LogP contribution is 2.45. The summed E-state index contributed by atoms with van der Waals surface area (Å²) in [5.74, 6) is 0. The van der Waals surface area contributed by atoms with E-state index in [0.29, 0.717) is 0 Å². The number of hydrogen-bond acceptors (Lipinski definition) is 6. The van der Waals surface area contributed by atoms with Crippen molar-refractivity contribution in [3.8, 4) is 0 Å². The Hall–Kier alpha value is -5.70. The van der Waals surface area contributed by atoms with Gasteiger partial charge >= 0.3 is 0 Å². The van der Waals surface area contributed by atoms with Crippen LogP contribution in [0, 0.1) is 0 Å². The molecule has 5 atom stereocenters. The first kappa shape index (κ1) is 38.2. The van der Waals surface area contributed by atoms with E-state index in [4.69, 9.17) is 18.9 Å². The summed E-state index contributed by atoms with van der Waals surface area (Å²) in [4.78, 5) is 0. The van der Waals surface area contributed by atoms with Crippen LogP contribution in [0.15, 0.2) is 212 Å². The SMILES string of the molecule is O[C@@H]1[C@H](OCc2ccccc2)[C@@H](O)[C@H](OC(c2ccccc2)(c2ccccc2)c2ccccc2)O[C@@H]1COC(c1ccccc1)(c1ccccc1)c1ccccc1. The van der Waals surface area contributed by atoms with Crippen molar-refractivity contribution in [2.24, 2.45) is 0 Å². The van der Waals surface area contributed by atoms with Gasteiger partial charge < -0.3 is 29.2 Å².